The monoisotopic (exact) mass is 348 g/mol. The lowest BCUT2D eigenvalue weighted by atomic mass is 9.95. The summed E-state index contributed by atoms with van der Waals surface area (Å²) >= 11 is 0. The second-order valence-electron chi connectivity index (χ2n) is 6.99. The first-order valence-corrected chi connectivity index (χ1v) is 9.23. The van der Waals surface area contributed by atoms with E-state index in [-0.39, 0.29) is 17.6 Å². The lowest BCUT2D eigenvalue weighted by Gasteiger charge is -2.32. The minimum absolute atomic E-state index is 0.000706. The quantitative estimate of drug-likeness (QED) is 0.663. The average molecular weight is 348 g/mol. The largest absolute Gasteiger partial charge is 0.364 e. The Balaban J connectivity index is 1.43. The van der Waals surface area contributed by atoms with Crippen molar-refractivity contribution in [2.45, 2.75) is 38.0 Å². The number of carbonyl (C=O) groups excluding carboxylic acids is 2. The maximum Gasteiger partial charge on any atom is 0.317 e. The molecule has 25 heavy (non-hydrogen) atoms. The standard InChI is InChI=1S/C17H28N6O2/c18-16(24)15-11-14(20-21-15)13-5-3-10-23(12-13)17(25)19-6-4-9-22-7-1-2-8-22/h11,13H,1-10,12H2,(H2,18,24)(H,19,25)(H,20,21)/t13-/m0/s1. The molecule has 3 rings (SSSR count). The van der Waals surface area contributed by atoms with Crippen molar-refractivity contribution in [1.82, 2.24) is 25.3 Å². The third-order valence-corrected chi connectivity index (χ3v) is 5.12. The maximum atomic E-state index is 12.4. The molecule has 0 unspecified atom stereocenters. The molecule has 3 heterocycles. The van der Waals surface area contributed by atoms with Gasteiger partial charge in [0.1, 0.15) is 5.69 Å². The molecule has 0 bridgehead atoms. The van der Waals surface area contributed by atoms with Crippen LogP contribution in [0.2, 0.25) is 0 Å². The van der Waals surface area contributed by atoms with Gasteiger partial charge in [-0.2, -0.15) is 5.10 Å². The Morgan fingerprint density at radius 2 is 2.08 bits per heavy atom. The van der Waals surface area contributed by atoms with Gasteiger partial charge >= 0.3 is 6.03 Å². The van der Waals surface area contributed by atoms with Crippen LogP contribution >= 0.6 is 0 Å². The first-order valence-electron chi connectivity index (χ1n) is 9.23. The second-order valence-corrected chi connectivity index (χ2v) is 6.99. The molecule has 3 amide bonds. The third kappa shape index (κ3) is 4.72. The fourth-order valence-corrected chi connectivity index (χ4v) is 3.70. The van der Waals surface area contributed by atoms with E-state index in [1.807, 2.05) is 4.90 Å². The molecule has 0 aliphatic carbocycles. The number of aromatic nitrogens is 2. The number of urea groups is 1. The summed E-state index contributed by atoms with van der Waals surface area (Å²) in [4.78, 5) is 27.9. The molecule has 1 aromatic heterocycles. The predicted octanol–water partition coefficient (Wildman–Crippen LogP) is 0.884. The fourth-order valence-electron chi connectivity index (χ4n) is 3.70. The van der Waals surface area contributed by atoms with Gasteiger partial charge in [0.2, 0.25) is 0 Å². The van der Waals surface area contributed by atoms with Gasteiger partial charge in [-0.3, -0.25) is 9.89 Å². The fraction of sp³-hybridized carbons (Fsp3) is 0.706. The zero-order valence-electron chi connectivity index (χ0n) is 14.7. The molecule has 4 N–H and O–H groups in total. The first-order chi connectivity index (χ1) is 12.1. The number of nitrogens with two attached hydrogens (primary N) is 1. The lowest BCUT2D eigenvalue weighted by molar-refractivity contribution is 0.0995. The Morgan fingerprint density at radius 3 is 2.80 bits per heavy atom. The summed E-state index contributed by atoms with van der Waals surface area (Å²) in [5.41, 5.74) is 6.37. The van der Waals surface area contributed by atoms with Crippen molar-refractivity contribution in [3.05, 3.63) is 17.5 Å². The van der Waals surface area contributed by atoms with Gasteiger partial charge in [0, 0.05) is 31.2 Å². The van der Waals surface area contributed by atoms with Crippen molar-refractivity contribution in [3.63, 3.8) is 0 Å². The number of hydrogen-bond acceptors (Lipinski definition) is 4. The molecule has 8 heteroatoms. The van der Waals surface area contributed by atoms with Crippen LogP contribution in [0.4, 0.5) is 4.79 Å². The van der Waals surface area contributed by atoms with E-state index in [9.17, 15) is 9.59 Å². The van der Waals surface area contributed by atoms with Gasteiger partial charge in [0.25, 0.3) is 5.91 Å². The Kier molecular flexibility index (Phi) is 5.91. The van der Waals surface area contributed by atoms with Gasteiger partial charge in [-0.1, -0.05) is 0 Å². The van der Waals surface area contributed by atoms with Crippen molar-refractivity contribution in [2.75, 3.05) is 39.3 Å². The number of amides is 3. The van der Waals surface area contributed by atoms with Crippen molar-refractivity contribution < 1.29 is 9.59 Å². The van der Waals surface area contributed by atoms with Gasteiger partial charge in [0.15, 0.2) is 0 Å². The third-order valence-electron chi connectivity index (χ3n) is 5.12. The van der Waals surface area contributed by atoms with Gasteiger partial charge in [0.05, 0.1) is 0 Å². The molecule has 2 saturated heterocycles. The van der Waals surface area contributed by atoms with Crippen molar-refractivity contribution in [3.8, 4) is 0 Å². The minimum Gasteiger partial charge on any atom is -0.364 e. The van der Waals surface area contributed by atoms with Crippen LogP contribution in [0.3, 0.4) is 0 Å². The van der Waals surface area contributed by atoms with Gasteiger partial charge in [-0.25, -0.2) is 4.79 Å². The van der Waals surface area contributed by atoms with E-state index < -0.39 is 5.91 Å². The molecule has 0 radical (unpaired) electrons. The maximum absolute atomic E-state index is 12.4. The summed E-state index contributed by atoms with van der Waals surface area (Å²) < 4.78 is 0. The van der Waals surface area contributed by atoms with Crippen molar-refractivity contribution in [1.29, 1.82) is 0 Å². The van der Waals surface area contributed by atoms with E-state index in [0.717, 1.165) is 38.0 Å². The number of rotatable bonds is 6. The number of likely N-dealkylation sites (tertiary alicyclic amines) is 2. The van der Waals surface area contributed by atoms with Crippen LogP contribution in [0.1, 0.15) is 54.2 Å². The Bertz CT molecular complexity index is 596. The molecular formula is C17H28N6O2. The van der Waals surface area contributed by atoms with E-state index in [1.165, 1.54) is 25.9 Å². The molecular weight excluding hydrogens is 320 g/mol. The van der Waals surface area contributed by atoms with Crippen LogP contribution in [0.15, 0.2) is 6.07 Å². The number of piperidine rings is 1. The zero-order valence-corrected chi connectivity index (χ0v) is 14.7. The first kappa shape index (κ1) is 17.7. The van der Waals surface area contributed by atoms with Crippen LogP contribution in [0.5, 0.6) is 0 Å². The van der Waals surface area contributed by atoms with E-state index in [0.29, 0.717) is 13.1 Å². The smallest absolute Gasteiger partial charge is 0.317 e. The summed E-state index contributed by atoms with van der Waals surface area (Å²) in [5, 5.41) is 9.85. The average Bonchev–Trinajstić information content (AvgIpc) is 3.30. The zero-order chi connectivity index (χ0) is 17.6. The Labute approximate surface area is 148 Å². The molecule has 0 saturated carbocycles. The normalized spacial score (nSPS) is 21.4. The molecule has 138 valence electrons. The molecule has 1 aromatic rings. The van der Waals surface area contributed by atoms with Crippen molar-refractivity contribution in [2.24, 2.45) is 5.73 Å². The van der Waals surface area contributed by atoms with Crippen LogP contribution in [-0.2, 0) is 0 Å². The molecule has 0 spiro atoms. The van der Waals surface area contributed by atoms with Crippen LogP contribution < -0.4 is 11.1 Å². The molecule has 2 aliphatic heterocycles. The van der Waals surface area contributed by atoms with Gasteiger partial charge in [-0.15, -0.1) is 0 Å². The number of hydrogen-bond donors (Lipinski definition) is 3. The number of aromatic amines is 1. The van der Waals surface area contributed by atoms with Gasteiger partial charge in [-0.05, 0) is 57.8 Å². The van der Waals surface area contributed by atoms with E-state index >= 15 is 0 Å². The van der Waals surface area contributed by atoms with Crippen LogP contribution in [0.25, 0.3) is 0 Å². The SMILES string of the molecule is NC(=O)c1cc([C@H]2CCCN(C(=O)NCCCN3CCCC3)C2)[nH]n1. The number of primary amides is 1. The number of carbonyl (C=O) groups is 2. The molecule has 2 aliphatic rings. The minimum atomic E-state index is -0.536. The van der Waals surface area contributed by atoms with E-state index in [1.54, 1.807) is 6.07 Å². The summed E-state index contributed by atoms with van der Waals surface area (Å²) in [6.07, 6.45) is 5.50. The Morgan fingerprint density at radius 1 is 1.28 bits per heavy atom. The molecule has 1 atom stereocenters. The predicted molar refractivity (Wildman–Crippen MR) is 94.3 cm³/mol. The van der Waals surface area contributed by atoms with Crippen LogP contribution in [-0.4, -0.2) is 71.2 Å². The van der Waals surface area contributed by atoms with Crippen LogP contribution in [0, 0.1) is 0 Å². The summed E-state index contributed by atoms with van der Waals surface area (Å²) in [7, 11) is 0. The lowest BCUT2D eigenvalue weighted by Crippen LogP contribution is -2.45. The van der Waals surface area contributed by atoms with Gasteiger partial charge < -0.3 is 20.9 Å². The molecule has 0 aromatic carbocycles. The summed E-state index contributed by atoms with van der Waals surface area (Å²) in [5.74, 6) is -0.365. The van der Waals surface area contributed by atoms with E-state index in [4.69, 9.17) is 5.73 Å². The summed E-state index contributed by atoms with van der Waals surface area (Å²) in [6.45, 7) is 5.57. The number of nitrogens with zero attached hydrogens (tertiary/aromatic N) is 3. The second kappa shape index (κ2) is 8.33. The Hall–Kier alpha value is -2.09. The number of nitrogens with one attached hydrogen (secondary N) is 2. The van der Waals surface area contributed by atoms with E-state index in [2.05, 4.69) is 20.4 Å². The summed E-state index contributed by atoms with van der Waals surface area (Å²) in [6, 6.07) is 1.70. The molecule has 8 nitrogen and oxygen atoms in total. The topological polar surface area (TPSA) is 107 Å². The molecule has 2 fully saturated rings. The highest BCUT2D eigenvalue weighted by Gasteiger charge is 2.26. The highest BCUT2D eigenvalue weighted by molar-refractivity contribution is 5.90. The highest BCUT2D eigenvalue weighted by atomic mass is 16.2. The number of H-pyrrole nitrogens is 1. The van der Waals surface area contributed by atoms with Crippen molar-refractivity contribution >= 4 is 11.9 Å². The highest BCUT2D eigenvalue weighted by Crippen LogP contribution is 2.25.